The molecule has 5 aliphatic carbocycles. The van der Waals surface area contributed by atoms with Crippen LogP contribution in [0.25, 0.3) is 0 Å². The van der Waals surface area contributed by atoms with Gasteiger partial charge < -0.3 is 124 Å². The van der Waals surface area contributed by atoms with Crippen LogP contribution in [0.15, 0.2) is 23.8 Å². The number of aliphatic hydroxyl groups excluding tert-OH is 14. The zero-order valence-corrected chi connectivity index (χ0v) is 50.4. The molecule has 5 aliphatic heterocycles. The van der Waals surface area contributed by atoms with Gasteiger partial charge in [0.1, 0.15) is 110 Å². The highest BCUT2D eigenvalue weighted by Gasteiger charge is 2.70. The summed E-state index contributed by atoms with van der Waals surface area (Å²) in [5.41, 5.74) is -1.00. The molecule has 14 N–H and O–H groups in total. The minimum absolute atomic E-state index is 0.0831. The molecule has 9 fully saturated rings. The van der Waals surface area contributed by atoms with Crippen LogP contribution in [0.3, 0.4) is 0 Å². The monoisotopic (exact) mass is 1250 g/mol. The first kappa shape index (κ1) is 67.4. The van der Waals surface area contributed by atoms with E-state index in [-0.39, 0.29) is 41.8 Å². The highest BCUT2D eigenvalue weighted by atomic mass is 16.8. The lowest BCUT2D eigenvalue weighted by Crippen LogP contribution is -2.67. The molecular weight excluding hydrogens is 1150 g/mol. The minimum atomic E-state index is -1.93. The molecule has 27 heteroatoms. The number of aliphatic hydroxyl groups is 14. The molecule has 10 aliphatic rings. The highest BCUT2D eigenvalue weighted by molar-refractivity contribution is 5.79. The van der Waals surface area contributed by atoms with Gasteiger partial charge in [0.2, 0.25) is 6.29 Å². The van der Waals surface area contributed by atoms with Gasteiger partial charge in [0.25, 0.3) is 0 Å². The molecule has 27 nitrogen and oxygen atoms in total. The molecule has 0 bridgehead atoms. The molecule has 0 amide bonds. The lowest BCUT2D eigenvalue weighted by Gasteiger charge is -2.71. The normalized spacial score (nSPS) is 53.6. The predicted molar refractivity (Wildman–Crippen MR) is 293 cm³/mol. The summed E-state index contributed by atoms with van der Waals surface area (Å²) < 4.78 is 64.9. The van der Waals surface area contributed by atoms with Gasteiger partial charge in [-0.2, -0.15) is 0 Å². The van der Waals surface area contributed by atoms with Gasteiger partial charge in [-0.1, -0.05) is 51.5 Å². The number of carbonyl (C=O) groups excluding carboxylic acids is 2. The molecule has 5 heterocycles. The maximum Gasteiger partial charge on any atom is 0.315 e. The van der Waals surface area contributed by atoms with E-state index in [1.807, 2.05) is 6.92 Å². The number of carbonyl (C=O) groups is 2. The Labute approximate surface area is 505 Å². The Morgan fingerprint density at radius 3 is 1.84 bits per heavy atom. The van der Waals surface area contributed by atoms with E-state index in [0.717, 1.165) is 24.5 Å². The highest BCUT2D eigenvalue weighted by Crippen LogP contribution is 2.75. The first-order chi connectivity index (χ1) is 40.9. The van der Waals surface area contributed by atoms with Gasteiger partial charge in [0, 0.05) is 18.3 Å². The van der Waals surface area contributed by atoms with Crippen LogP contribution in [-0.4, -0.2) is 263 Å². The number of hydrogen-bond donors (Lipinski definition) is 14. The third-order valence-corrected chi connectivity index (χ3v) is 22.9. The zero-order chi connectivity index (χ0) is 63.4. The Kier molecular flexibility index (Phi) is 19.7. The number of fused-ring (bicyclic) bond motifs is 7. The Bertz CT molecular complexity index is 2490. The predicted octanol–water partition coefficient (Wildman–Crippen LogP) is -2.44. The Hall–Kier alpha value is -2.50. The summed E-state index contributed by atoms with van der Waals surface area (Å²) in [5, 5.41) is 153. The van der Waals surface area contributed by atoms with Crippen LogP contribution < -0.4 is 0 Å². The smallest absolute Gasteiger partial charge is 0.315 e. The van der Waals surface area contributed by atoms with Gasteiger partial charge in [-0.3, -0.25) is 9.59 Å². The fraction of sp³-hybridized carbons (Fsp3) is 0.900. The van der Waals surface area contributed by atoms with Crippen LogP contribution in [0.2, 0.25) is 0 Å². The molecule has 4 saturated carbocycles. The molecule has 33 atom stereocenters. The number of ether oxygens (including phenoxy) is 11. The van der Waals surface area contributed by atoms with Crippen molar-refractivity contribution in [1.29, 1.82) is 0 Å². The van der Waals surface area contributed by atoms with Crippen LogP contribution in [0, 0.1) is 44.8 Å². The summed E-state index contributed by atoms with van der Waals surface area (Å²) in [4.78, 5) is 27.1. The average Bonchev–Trinajstić information content (AvgIpc) is 0.682. The second-order valence-electron chi connectivity index (χ2n) is 27.7. The molecule has 10 rings (SSSR count). The second kappa shape index (κ2) is 25.4. The molecule has 0 radical (unpaired) electrons. The van der Waals surface area contributed by atoms with E-state index < -0.39 is 195 Å². The largest absolute Gasteiger partial charge is 0.463 e. The van der Waals surface area contributed by atoms with Crippen LogP contribution in [0.5, 0.6) is 0 Å². The molecular formula is C60H94O27. The minimum Gasteiger partial charge on any atom is -0.463 e. The fourth-order valence-corrected chi connectivity index (χ4v) is 17.3. The molecule has 33 unspecified atom stereocenters. The first-order valence-corrected chi connectivity index (χ1v) is 30.9. The number of hydrogen-bond acceptors (Lipinski definition) is 27. The lowest BCUT2D eigenvalue weighted by atomic mass is 9.34. The van der Waals surface area contributed by atoms with E-state index in [0.29, 0.717) is 57.8 Å². The Morgan fingerprint density at radius 2 is 1.21 bits per heavy atom. The SMILES string of the molecule is C=C1CCC2(C(=O)OC3OC(COC4OC(COC(C)=O)C(OC5OC(C)C(O)C(O)C5O)C(O)C4O)C(O)C(O)C3O)CCC3(C)C(=CCC4C5(C)CCC(OC6OCC(O)C(O)C6OC6OC(C)C(O)C(O)C6O)C(C)(CO)C5CCC43C)C2C1. The van der Waals surface area contributed by atoms with Crippen molar-refractivity contribution in [2.24, 2.45) is 44.8 Å². The molecule has 0 aromatic rings. The molecule has 5 saturated heterocycles. The van der Waals surface area contributed by atoms with Gasteiger partial charge in [-0.25, -0.2) is 0 Å². The summed E-state index contributed by atoms with van der Waals surface area (Å²) in [5.74, 6) is -1.78. The van der Waals surface area contributed by atoms with Gasteiger partial charge in [-0.15, -0.1) is 0 Å². The average molecular weight is 1250 g/mol. The quantitative estimate of drug-likeness (QED) is 0.0488. The third kappa shape index (κ3) is 11.6. The summed E-state index contributed by atoms with van der Waals surface area (Å²) in [6, 6.07) is 0. The summed E-state index contributed by atoms with van der Waals surface area (Å²) in [7, 11) is 0. The van der Waals surface area contributed by atoms with E-state index in [9.17, 15) is 76.3 Å². The van der Waals surface area contributed by atoms with Crippen LogP contribution in [0.1, 0.15) is 113 Å². The van der Waals surface area contributed by atoms with E-state index in [1.165, 1.54) is 13.8 Å². The fourth-order valence-electron chi connectivity index (χ4n) is 17.3. The molecule has 0 aromatic heterocycles. The Morgan fingerprint density at radius 1 is 0.609 bits per heavy atom. The van der Waals surface area contributed by atoms with Crippen molar-refractivity contribution >= 4 is 11.9 Å². The van der Waals surface area contributed by atoms with Crippen molar-refractivity contribution in [1.82, 2.24) is 0 Å². The van der Waals surface area contributed by atoms with Crippen LogP contribution in [-0.2, 0) is 61.7 Å². The van der Waals surface area contributed by atoms with E-state index in [1.54, 1.807) is 0 Å². The van der Waals surface area contributed by atoms with Crippen molar-refractivity contribution in [3.8, 4) is 0 Å². The lowest BCUT2D eigenvalue weighted by molar-refractivity contribution is -0.365. The number of rotatable bonds is 14. The van der Waals surface area contributed by atoms with Crippen molar-refractivity contribution in [2.75, 3.05) is 26.4 Å². The maximum absolute atomic E-state index is 15.2. The molecule has 496 valence electrons. The van der Waals surface area contributed by atoms with Gasteiger partial charge in [-0.05, 0) is 106 Å². The number of esters is 2. The zero-order valence-electron chi connectivity index (χ0n) is 50.4. The van der Waals surface area contributed by atoms with E-state index in [4.69, 9.17) is 52.1 Å². The molecule has 0 spiro atoms. The van der Waals surface area contributed by atoms with Crippen molar-refractivity contribution < 1.29 is 133 Å². The third-order valence-electron chi connectivity index (χ3n) is 22.9. The van der Waals surface area contributed by atoms with Crippen LogP contribution >= 0.6 is 0 Å². The Balaban J connectivity index is 0.829. The first-order valence-electron chi connectivity index (χ1n) is 30.9. The maximum atomic E-state index is 15.2. The van der Waals surface area contributed by atoms with Gasteiger partial charge >= 0.3 is 11.9 Å². The van der Waals surface area contributed by atoms with Crippen LogP contribution in [0.4, 0.5) is 0 Å². The van der Waals surface area contributed by atoms with Gasteiger partial charge in [0.15, 0.2) is 25.2 Å². The summed E-state index contributed by atoms with van der Waals surface area (Å²) in [6.07, 6.45) is -30.8. The number of allylic oxidation sites excluding steroid dienone is 3. The van der Waals surface area contributed by atoms with E-state index >= 15 is 4.79 Å². The molecule has 0 aromatic carbocycles. The van der Waals surface area contributed by atoms with E-state index in [2.05, 4.69) is 33.4 Å². The van der Waals surface area contributed by atoms with Gasteiger partial charge in [0.05, 0.1) is 43.5 Å². The summed E-state index contributed by atoms with van der Waals surface area (Å²) >= 11 is 0. The second-order valence-corrected chi connectivity index (χ2v) is 27.7. The van der Waals surface area contributed by atoms with Crippen molar-refractivity contribution in [3.05, 3.63) is 23.8 Å². The molecule has 87 heavy (non-hydrogen) atoms. The topological polar surface area (TPSA) is 419 Å². The van der Waals surface area contributed by atoms with Crippen molar-refractivity contribution in [3.63, 3.8) is 0 Å². The standard InChI is InChI=1S/C60H94O27/c1-24-11-16-60(55(76)87-53-46(74)42(70)39(67)31(82-53)21-79-50-47(75)43(71)48(32(83-50)22-77-27(4)62)85-51-44(72)40(68)36(64)25(2)80-51)18-17-58(7)28(29(60)19-24)9-10-34-56(5)14-13-35(57(6,23-61)33(56)12-15-59(34,58)8)84-54-49(38(66)30(63)20-78-54)86-52-45(73)41(69)37(65)26(3)81-52/h9,25-26,29-54,61,63-75H,1,10-23H2,2-8H3. The van der Waals surface area contributed by atoms with Crippen molar-refractivity contribution in [2.45, 2.75) is 266 Å². The summed E-state index contributed by atoms with van der Waals surface area (Å²) in [6.45, 7) is 15.5.